The third-order valence-corrected chi connectivity index (χ3v) is 7.67. The van der Waals surface area contributed by atoms with Gasteiger partial charge < -0.3 is 0 Å². The lowest BCUT2D eigenvalue weighted by molar-refractivity contribution is 0.333. The predicted octanol–water partition coefficient (Wildman–Crippen LogP) is 2.97. The van der Waals surface area contributed by atoms with Crippen molar-refractivity contribution in [2.24, 2.45) is 5.92 Å². The summed E-state index contributed by atoms with van der Waals surface area (Å²) in [5.74, 6) is 0.962. The number of halogens is 1. The van der Waals surface area contributed by atoms with Crippen LogP contribution in [0.15, 0.2) is 11.0 Å². The molecule has 1 aromatic heterocycles. The fourth-order valence-corrected chi connectivity index (χ4v) is 6.59. The van der Waals surface area contributed by atoms with Crippen molar-refractivity contribution in [1.82, 2.24) is 4.31 Å². The van der Waals surface area contributed by atoms with Gasteiger partial charge in [-0.3, -0.25) is 0 Å². The van der Waals surface area contributed by atoms with Crippen LogP contribution in [-0.4, -0.2) is 25.3 Å². The van der Waals surface area contributed by atoms with Gasteiger partial charge in [-0.25, -0.2) is 8.42 Å². The van der Waals surface area contributed by atoms with E-state index in [1.54, 1.807) is 10.4 Å². The second-order valence-corrected chi connectivity index (χ2v) is 8.64. The molecule has 2 fully saturated rings. The van der Waals surface area contributed by atoms with Crippen LogP contribution in [0.25, 0.3) is 0 Å². The maximum atomic E-state index is 12.7. The third kappa shape index (κ3) is 1.92. The number of aryl methyl sites for hydroxylation is 1. The van der Waals surface area contributed by atoms with Gasteiger partial charge in [0.25, 0.3) is 0 Å². The first-order chi connectivity index (χ1) is 8.52. The molecule has 1 saturated carbocycles. The molecule has 2 heterocycles. The Hall–Kier alpha value is -0.100. The average molecular weight is 306 g/mol. The maximum Gasteiger partial charge on any atom is 0.244 e. The Morgan fingerprint density at radius 3 is 2.78 bits per heavy atom. The number of hydrogen-bond acceptors (Lipinski definition) is 3. The van der Waals surface area contributed by atoms with E-state index >= 15 is 0 Å². The third-order valence-electron chi connectivity index (χ3n) is 4.00. The van der Waals surface area contributed by atoms with E-state index in [0.29, 0.717) is 23.2 Å². The van der Waals surface area contributed by atoms with Crippen LogP contribution in [0, 0.1) is 12.8 Å². The number of piperidine rings is 1. The Labute approximate surface area is 117 Å². The average Bonchev–Trinajstić information content (AvgIpc) is 3.02. The second kappa shape index (κ2) is 4.47. The number of nitrogens with zero attached hydrogens (tertiary/aromatic N) is 1. The number of thiophene rings is 1. The lowest BCUT2D eigenvalue weighted by Gasteiger charge is -2.25. The lowest BCUT2D eigenvalue weighted by atomic mass is 10.1. The molecule has 2 bridgehead atoms. The van der Waals surface area contributed by atoms with E-state index in [9.17, 15) is 8.42 Å². The zero-order valence-electron chi connectivity index (χ0n) is 10.2. The van der Waals surface area contributed by atoms with E-state index in [1.807, 2.05) is 6.92 Å². The van der Waals surface area contributed by atoms with E-state index in [0.717, 1.165) is 22.6 Å². The topological polar surface area (TPSA) is 37.4 Å². The minimum absolute atomic E-state index is 0.235. The SMILES string of the molecule is Cc1sc(CCl)cc1S(=O)(=O)N1CC2CCC1C2. The van der Waals surface area contributed by atoms with Crippen LogP contribution < -0.4 is 0 Å². The molecule has 0 spiro atoms. The van der Waals surface area contributed by atoms with Gasteiger partial charge in [0.2, 0.25) is 10.0 Å². The summed E-state index contributed by atoms with van der Waals surface area (Å²) in [7, 11) is -3.30. The van der Waals surface area contributed by atoms with Gasteiger partial charge in [-0.15, -0.1) is 22.9 Å². The monoisotopic (exact) mass is 305 g/mol. The van der Waals surface area contributed by atoms with Gasteiger partial charge >= 0.3 is 0 Å². The first-order valence-corrected chi connectivity index (χ1v) is 8.98. The highest BCUT2D eigenvalue weighted by Gasteiger charge is 2.44. The number of rotatable bonds is 3. The molecule has 2 aliphatic rings. The van der Waals surface area contributed by atoms with Crippen molar-refractivity contribution in [2.45, 2.75) is 43.0 Å². The van der Waals surface area contributed by atoms with E-state index in [2.05, 4.69) is 0 Å². The molecular weight excluding hydrogens is 290 g/mol. The van der Waals surface area contributed by atoms with E-state index in [1.165, 1.54) is 17.8 Å². The Kier molecular flexibility index (Phi) is 3.21. The van der Waals surface area contributed by atoms with Crippen molar-refractivity contribution in [2.75, 3.05) is 6.54 Å². The van der Waals surface area contributed by atoms with Crippen molar-refractivity contribution in [3.05, 3.63) is 15.8 Å². The van der Waals surface area contributed by atoms with Crippen molar-refractivity contribution in [1.29, 1.82) is 0 Å². The van der Waals surface area contributed by atoms with Crippen LogP contribution >= 0.6 is 22.9 Å². The molecule has 100 valence electrons. The van der Waals surface area contributed by atoms with Crippen LogP contribution in [0.5, 0.6) is 0 Å². The fourth-order valence-electron chi connectivity index (χ4n) is 3.15. The molecule has 1 aliphatic heterocycles. The van der Waals surface area contributed by atoms with Gasteiger partial charge in [-0.05, 0) is 38.2 Å². The molecule has 0 N–H and O–H groups in total. The summed E-state index contributed by atoms with van der Waals surface area (Å²) >= 11 is 7.27. The van der Waals surface area contributed by atoms with Gasteiger partial charge in [0, 0.05) is 22.3 Å². The number of alkyl halides is 1. The molecule has 3 rings (SSSR count). The van der Waals surface area contributed by atoms with Gasteiger partial charge in [0.15, 0.2) is 0 Å². The normalized spacial score (nSPS) is 28.1. The van der Waals surface area contributed by atoms with E-state index in [-0.39, 0.29) is 6.04 Å². The summed E-state index contributed by atoms with van der Waals surface area (Å²) in [6, 6.07) is 1.98. The summed E-state index contributed by atoms with van der Waals surface area (Å²) in [6.07, 6.45) is 3.26. The van der Waals surface area contributed by atoms with E-state index < -0.39 is 10.0 Å². The molecule has 0 radical (unpaired) electrons. The van der Waals surface area contributed by atoms with Crippen LogP contribution in [0.3, 0.4) is 0 Å². The molecule has 0 amide bonds. The Bertz CT molecular complexity index is 567. The highest BCUT2D eigenvalue weighted by molar-refractivity contribution is 7.89. The van der Waals surface area contributed by atoms with Crippen LogP contribution in [0.2, 0.25) is 0 Å². The number of fused-ring (bicyclic) bond motifs is 2. The van der Waals surface area contributed by atoms with Gasteiger partial charge in [0.05, 0.1) is 10.8 Å². The standard InChI is InChI=1S/C12H16ClNO2S2/c1-8-12(5-11(6-13)17-8)18(15,16)14-7-9-2-3-10(14)4-9/h5,9-10H,2-4,6-7H2,1H3. The predicted molar refractivity (Wildman–Crippen MR) is 73.6 cm³/mol. The second-order valence-electron chi connectivity index (χ2n) is 5.17. The first-order valence-electron chi connectivity index (χ1n) is 6.19. The molecule has 0 aromatic carbocycles. The highest BCUT2D eigenvalue weighted by atomic mass is 35.5. The summed E-state index contributed by atoms with van der Waals surface area (Å²) in [5.41, 5.74) is 0. The molecule has 6 heteroatoms. The van der Waals surface area contributed by atoms with E-state index in [4.69, 9.17) is 11.6 Å². The maximum absolute atomic E-state index is 12.7. The largest absolute Gasteiger partial charge is 0.244 e. The van der Waals surface area contributed by atoms with Crippen molar-refractivity contribution < 1.29 is 8.42 Å². The van der Waals surface area contributed by atoms with Gasteiger partial charge in [-0.2, -0.15) is 4.31 Å². The quantitative estimate of drug-likeness (QED) is 0.805. The fraction of sp³-hybridized carbons (Fsp3) is 0.667. The highest BCUT2D eigenvalue weighted by Crippen LogP contribution is 2.41. The Balaban J connectivity index is 1.97. The Morgan fingerprint density at radius 1 is 1.50 bits per heavy atom. The summed E-state index contributed by atoms with van der Waals surface area (Å²) in [6.45, 7) is 2.57. The zero-order valence-corrected chi connectivity index (χ0v) is 12.6. The Morgan fingerprint density at radius 2 is 2.28 bits per heavy atom. The molecule has 3 nitrogen and oxygen atoms in total. The summed E-state index contributed by atoms with van der Waals surface area (Å²) in [4.78, 5) is 2.25. The van der Waals surface area contributed by atoms with Crippen molar-refractivity contribution >= 4 is 33.0 Å². The minimum atomic E-state index is -3.30. The number of sulfonamides is 1. The van der Waals surface area contributed by atoms with Crippen LogP contribution in [0.4, 0.5) is 0 Å². The number of hydrogen-bond donors (Lipinski definition) is 0. The molecule has 1 aromatic rings. The summed E-state index contributed by atoms with van der Waals surface area (Å²) < 4.78 is 27.0. The molecular formula is C12H16ClNO2S2. The molecule has 1 aliphatic carbocycles. The van der Waals surface area contributed by atoms with Crippen LogP contribution in [-0.2, 0) is 15.9 Å². The van der Waals surface area contributed by atoms with Gasteiger partial charge in [0.1, 0.15) is 0 Å². The molecule has 1 saturated heterocycles. The van der Waals surface area contributed by atoms with Crippen LogP contribution in [0.1, 0.15) is 29.0 Å². The summed E-state index contributed by atoms with van der Waals surface area (Å²) in [5, 5.41) is 0. The van der Waals surface area contributed by atoms with Crippen molar-refractivity contribution in [3.8, 4) is 0 Å². The minimum Gasteiger partial charge on any atom is -0.207 e. The molecule has 2 atom stereocenters. The molecule has 2 unspecified atom stereocenters. The first kappa shape index (κ1) is 12.9. The molecule has 18 heavy (non-hydrogen) atoms. The zero-order chi connectivity index (χ0) is 12.9. The lowest BCUT2D eigenvalue weighted by Crippen LogP contribution is -2.37. The smallest absolute Gasteiger partial charge is 0.207 e. The van der Waals surface area contributed by atoms with Crippen molar-refractivity contribution in [3.63, 3.8) is 0 Å². The van der Waals surface area contributed by atoms with Gasteiger partial charge in [-0.1, -0.05) is 0 Å².